The third-order valence-corrected chi connectivity index (χ3v) is 4.09. The maximum absolute atomic E-state index is 12.4. The van der Waals surface area contributed by atoms with Crippen LogP contribution >= 0.6 is 0 Å². The molecule has 0 aliphatic carbocycles. The number of benzene rings is 1. The highest BCUT2D eigenvalue weighted by Crippen LogP contribution is 2.39. The van der Waals surface area contributed by atoms with E-state index in [1.807, 2.05) is 45.9 Å². The van der Waals surface area contributed by atoms with E-state index in [0.29, 0.717) is 0 Å². The van der Waals surface area contributed by atoms with Gasteiger partial charge in [-0.25, -0.2) is 9.36 Å². The monoisotopic (exact) mass is 270 g/mol. The molecule has 0 bridgehead atoms. The third-order valence-electron chi connectivity index (χ3n) is 4.09. The van der Waals surface area contributed by atoms with E-state index in [0.717, 1.165) is 33.4 Å². The first kappa shape index (κ1) is 12.9. The molecule has 0 unspecified atom stereocenters. The summed E-state index contributed by atoms with van der Waals surface area (Å²) >= 11 is 0. The summed E-state index contributed by atoms with van der Waals surface area (Å²) in [6.07, 6.45) is -0.329. The van der Waals surface area contributed by atoms with E-state index < -0.39 is 5.60 Å². The van der Waals surface area contributed by atoms with Crippen molar-refractivity contribution in [3.05, 3.63) is 35.0 Å². The van der Waals surface area contributed by atoms with E-state index in [4.69, 9.17) is 4.74 Å². The van der Waals surface area contributed by atoms with Gasteiger partial charge >= 0.3 is 6.09 Å². The Kier molecular flexibility index (Phi) is 2.55. The SMILES string of the molecule is C/N=C(\C)c1c(C)c2cccc3c2n1C(=O)OC3(C)C. The van der Waals surface area contributed by atoms with Crippen LogP contribution in [0.2, 0.25) is 0 Å². The van der Waals surface area contributed by atoms with Gasteiger partial charge in [-0.05, 0) is 33.3 Å². The summed E-state index contributed by atoms with van der Waals surface area (Å²) in [5.41, 5.74) is 4.12. The van der Waals surface area contributed by atoms with Crippen molar-refractivity contribution in [2.75, 3.05) is 7.05 Å². The standard InChI is InChI=1S/C16H18N2O2/c1-9-11-7-6-8-12-14(11)18(13(9)10(2)17-5)15(19)20-16(12,3)4/h6-8H,1-5H3/b17-10+. The fourth-order valence-electron chi connectivity index (χ4n) is 3.02. The van der Waals surface area contributed by atoms with Gasteiger partial charge in [0.1, 0.15) is 5.60 Å². The molecule has 104 valence electrons. The lowest BCUT2D eigenvalue weighted by atomic mass is 9.94. The molecule has 0 saturated heterocycles. The molecule has 0 atom stereocenters. The van der Waals surface area contributed by atoms with Gasteiger partial charge in [-0.15, -0.1) is 0 Å². The summed E-state index contributed by atoms with van der Waals surface area (Å²) < 4.78 is 7.27. The summed E-state index contributed by atoms with van der Waals surface area (Å²) in [5, 5.41) is 1.09. The van der Waals surface area contributed by atoms with Gasteiger partial charge in [0, 0.05) is 18.0 Å². The summed E-state index contributed by atoms with van der Waals surface area (Å²) in [4.78, 5) is 16.7. The fraction of sp³-hybridized carbons (Fsp3) is 0.375. The second kappa shape index (κ2) is 3.95. The van der Waals surface area contributed by atoms with E-state index in [1.165, 1.54) is 0 Å². The first-order chi connectivity index (χ1) is 9.38. The predicted molar refractivity (Wildman–Crippen MR) is 79.7 cm³/mol. The molecule has 0 radical (unpaired) electrons. The highest BCUT2D eigenvalue weighted by Gasteiger charge is 2.37. The molecule has 2 heterocycles. The predicted octanol–water partition coefficient (Wildman–Crippen LogP) is 3.62. The maximum Gasteiger partial charge on any atom is 0.419 e. The van der Waals surface area contributed by atoms with Gasteiger partial charge < -0.3 is 4.74 Å². The van der Waals surface area contributed by atoms with E-state index in [1.54, 1.807) is 11.6 Å². The van der Waals surface area contributed by atoms with Crippen molar-refractivity contribution < 1.29 is 9.53 Å². The quantitative estimate of drug-likeness (QED) is 0.743. The van der Waals surface area contributed by atoms with Gasteiger partial charge in [0.25, 0.3) is 0 Å². The molecule has 3 rings (SSSR count). The average molecular weight is 270 g/mol. The number of aliphatic imine (C=N–C) groups is 1. The summed E-state index contributed by atoms with van der Waals surface area (Å²) in [5.74, 6) is 0. The highest BCUT2D eigenvalue weighted by atomic mass is 16.6. The van der Waals surface area contributed by atoms with Crippen molar-refractivity contribution in [2.24, 2.45) is 4.99 Å². The number of cyclic esters (lactones) is 1. The molecule has 1 aromatic carbocycles. The number of aryl methyl sites for hydroxylation is 1. The Labute approximate surface area is 118 Å². The van der Waals surface area contributed by atoms with Gasteiger partial charge in [0.2, 0.25) is 0 Å². The molecule has 4 nitrogen and oxygen atoms in total. The van der Waals surface area contributed by atoms with Crippen molar-refractivity contribution in [3.63, 3.8) is 0 Å². The van der Waals surface area contributed by atoms with Crippen LogP contribution in [0.3, 0.4) is 0 Å². The normalized spacial score (nSPS) is 17.4. The highest BCUT2D eigenvalue weighted by molar-refractivity contribution is 6.09. The van der Waals surface area contributed by atoms with E-state index in [9.17, 15) is 4.79 Å². The van der Waals surface area contributed by atoms with Crippen LogP contribution in [0.5, 0.6) is 0 Å². The number of hydrogen-bond donors (Lipinski definition) is 0. The Morgan fingerprint density at radius 3 is 2.70 bits per heavy atom. The van der Waals surface area contributed by atoms with E-state index in [-0.39, 0.29) is 6.09 Å². The molecule has 1 aromatic heterocycles. The van der Waals surface area contributed by atoms with Crippen LogP contribution < -0.4 is 0 Å². The number of rotatable bonds is 1. The van der Waals surface area contributed by atoms with Crippen LogP contribution in [0.15, 0.2) is 23.2 Å². The molecule has 1 aliphatic rings. The average Bonchev–Trinajstić information content (AvgIpc) is 2.70. The van der Waals surface area contributed by atoms with Gasteiger partial charge in [0.05, 0.1) is 16.9 Å². The topological polar surface area (TPSA) is 43.6 Å². The molecule has 0 amide bonds. The number of hydrogen-bond acceptors (Lipinski definition) is 3. The van der Waals surface area contributed by atoms with Gasteiger partial charge in [-0.1, -0.05) is 18.2 Å². The smallest absolute Gasteiger partial charge is 0.419 e. The van der Waals surface area contributed by atoms with Crippen LogP contribution in [-0.2, 0) is 10.3 Å². The van der Waals surface area contributed by atoms with Crippen molar-refractivity contribution in [1.29, 1.82) is 0 Å². The first-order valence-corrected chi connectivity index (χ1v) is 6.70. The molecule has 1 aliphatic heterocycles. The van der Waals surface area contributed by atoms with E-state index >= 15 is 0 Å². The summed E-state index contributed by atoms with van der Waals surface area (Å²) in [7, 11) is 1.73. The third kappa shape index (κ3) is 1.48. The lowest BCUT2D eigenvalue weighted by Gasteiger charge is -2.31. The molecular formula is C16H18N2O2. The molecule has 0 N–H and O–H groups in total. The first-order valence-electron chi connectivity index (χ1n) is 6.70. The molecule has 2 aromatic rings. The zero-order valence-corrected chi connectivity index (χ0v) is 12.4. The maximum atomic E-state index is 12.4. The lowest BCUT2D eigenvalue weighted by molar-refractivity contribution is 0.0330. The Bertz CT molecular complexity index is 766. The largest absolute Gasteiger partial charge is 0.438 e. The van der Waals surface area contributed by atoms with Gasteiger partial charge in [-0.2, -0.15) is 0 Å². The molecule has 0 saturated carbocycles. The molecule has 20 heavy (non-hydrogen) atoms. The van der Waals surface area contributed by atoms with Crippen molar-refractivity contribution in [2.45, 2.75) is 33.3 Å². The molecule has 0 fully saturated rings. The fourth-order valence-corrected chi connectivity index (χ4v) is 3.02. The lowest BCUT2D eigenvalue weighted by Crippen LogP contribution is -2.34. The van der Waals surface area contributed by atoms with Gasteiger partial charge in [0.15, 0.2) is 0 Å². The second-order valence-corrected chi connectivity index (χ2v) is 5.70. The number of carbonyl (C=O) groups excluding carboxylic acids is 1. The van der Waals surface area contributed by atoms with Crippen molar-refractivity contribution in [3.8, 4) is 0 Å². The second-order valence-electron chi connectivity index (χ2n) is 5.70. The van der Waals surface area contributed by atoms with Gasteiger partial charge in [-0.3, -0.25) is 4.99 Å². The van der Waals surface area contributed by atoms with Crippen LogP contribution in [0.4, 0.5) is 4.79 Å². The molecule has 4 heteroatoms. The minimum Gasteiger partial charge on any atom is -0.438 e. The Hall–Kier alpha value is -2.10. The minimum atomic E-state index is -0.605. The van der Waals surface area contributed by atoms with Crippen LogP contribution in [0.1, 0.15) is 37.6 Å². The zero-order chi connectivity index (χ0) is 14.7. The Morgan fingerprint density at radius 1 is 1.35 bits per heavy atom. The van der Waals surface area contributed by atoms with Crippen LogP contribution in [0.25, 0.3) is 10.9 Å². The number of aromatic nitrogens is 1. The number of carbonyl (C=O) groups is 1. The number of nitrogens with zero attached hydrogens (tertiary/aromatic N) is 2. The molecule has 0 spiro atoms. The van der Waals surface area contributed by atoms with E-state index in [2.05, 4.69) is 4.99 Å². The molecular weight excluding hydrogens is 252 g/mol. The Balaban J connectivity index is 2.54. The van der Waals surface area contributed by atoms with Crippen molar-refractivity contribution >= 4 is 22.7 Å². The zero-order valence-electron chi connectivity index (χ0n) is 12.4. The van der Waals surface area contributed by atoms with Crippen molar-refractivity contribution in [1.82, 2.24) is 4.57 Å². The Morgan fingerprint density at radius 2 is 2.05 bits per heavy atom. The minimum absolute atomic E-state index is 0.329. The summed E-state index contributed by atoms with van der Waals surface area (Å²) in [6.45, 7) is 7.79. The summed E-state index contributed by atoms with van der Waals surface area (Å²) in [6, 6.07) is 6.08. The van der Waals surface area contributed by atoms with Crippen LogP contribution in [-0.4, -0.2) is 23.4 Å². The number of ether oxygens (including phenoxy) is 1. The number of para-hydroxylation sites is 1. The van der Waals surface area contributed by atoms with Crippen LogP contribution in [0, 0.1) is 6.92 Å².